The number of hydrogen-bond donors (Lipinski definition) is 1. The molecular formula is C30H27F3N6O2. The first kappa shape index (κ1) is 26.7. The third kappa shape index (κ3) is 4.36. The maximum Gasteiger partial charge on any atom is 0.416 e. The molecule has 2 fully saturated rings. The van der Waals surface area contributed by atoms with Crippen LogP contribution in [0, 0.1) is 17.3 Å². The van der Waals surface area contributed by atoms with Gasteiger partial charge < -0.3 is 10.6 Å². The third-order valence-corrected chi connectivity index (χ3v) is 8.51. The predicted molar refractivity (Wildman–Crippen MR) is 146 cm³/mol. The van der Waals surface area contributed by atoms with E-state index < -0.39 is 11.7 Å². The molecular weight excluding hydrogens is 533 g/mol. The second-order valence-electron chi connectivity index (χ2n) is 11.2. The topological polar surface area (TPSA) is 106 Å². The van der Waals surface area contributed by atoms with Crippen LogP contribution in [0.3, 0.4) is 0 Å². The number of benzene rings is 1. The number of pyridine rings is 1. The Hall–Kier alpha value is -4.54. The molecule has 3 atom stereocenters. The molecule has 2 aliphatic rings. The highest BCUT2D eigenvalue weighted by molar-refractivity contribution is 5.98. The molecule has 1 saturated carbocycles. The summed E-state index contributed by atoms with van der Waals surface area (Å²) >= 11 is 0. The molecule has 1 saturated heterocycles. The highest BCUT2D eigenvalue weighted by atomic mass is 19.4. The second-order valence-corrected chi connectivity index (χ2v) is 11.2. The first-order valence-corrected chi connectivity index (χ1v) is 13.1. The van der Waals surface area contributed by atoms with E-state index in [2.05, 4.69) is 30.4 Å². The molecule has 8 nitrogen and oxygen atoms in total. The number of carbonyl (C=O) groups excluding carboxylic acids is 2. The number of halogens is 3. The van der Waals surface area contributed by atoms with Crippen LogP contribution in [0.1, 0.15) is 47.3 Å². The number of aromatic nitrogens is 4. The fraction of sp³-hybridized carbons (Fsp3) is 0.300. The average Bonchev–Trinajstić information content (AvgIpc) is 3.27. The molecule has 0 radical (unpaired) electrons. The van der Waals surface area contributed by atoms with Gasteiger partial charge in [0.25, 0.3) is 0 Å². The van der Waals surface area contributed by atoms with Gasteiger partial charge in [-0.2, -0.15) is 13.2 Å². The number of hydrogen-bond acceptors (Lipinski definition) is 6. The van der Waals surface area contributed by atoms with Crippen LogP contribution in [0.25, 0.3) is 16.8 Å². The Balaban J connectivity index is 1.34. The van der Waals surface area contributed by atoms with Gasteiger partial charge in [-0.25, -0.2) is 9.97 Å². The highest BCUT2D eigenvalue weighted by Gasteiger charge is 2.68. The van der Waals surface area contributed by atoms with Crippen LogP contribution >= 0.6 is 0 Å². The summed E-state index contributed by atoms with van der Waals surface area (Å²) in [5.41, 5.74) is 7.70. The minimum atomic E-state index is -4.52. The van der Waals surface area contributed by atoms with Crippen molar-refractivity contribution >= 4 is 23.0 Å². The van der Waals surface area contributed by atoms with Gasteiger partial charge >= 0.3 is 6.18 Å². The number of anilines is 1. The van der Waals surface area contributed by atoms with Gasteiger partial charge in [0.2, 0.25) is 5.91 Å². The number of piperidine rings is 1. The number of nitrogens with zero attached hydrogens (tertiary/aromatic N) is 5. The fourth-order valence-electron chi connectivity index (χ4n) is 6.25. The third-order valence-electron chi connectivity index (χ3n) is 8.51. The van der Waals surface area contributed by atoms with Crippen LogP contribution in [-0.2, 0) is 17.4 Å². The van der Waals surface area contributed by atoms with Crippen molar-refractivity contribution in [3.8, 4) is 11.3 Å². The summed E-state index contributed by atoms with van der Waals surface area (Å²) in [4.78, 5) is 40.7. The van der Waals surface area contributed by atoms with E-state index in [1.54, 1.807) is 36.7 Å². The number of imidazole rings is 1. The lowest BCUT2D eigenvalue weighted by Crippen LogP contribution is -2.35. The Morgan fingerprint density at radius 3 is 2.56 bits per heavy atom. The van der Waals surface area contributed by atoms with Crippen molar-refractivity contribution in [3.63, 3.8) is 0 Å². The number of fused-ring (bicyclic) bond motifs is 2. The van der Waals surface area contributed by atoms with Gasteiger partial charge in [-0.3, -0.25) is 19.0 Å². The summed E-state index contributed by atoms with van der Waals surface area (Å²) in [6.07, 6.45) is 0.943. The zero-order valence-electron chi connectivity index (χ0n) is 22.4. The quantitative estimate of drug-likeness (QED) is 0.258. The average molecular weight is 561 g/mol. The molecule has 1 aliphatic carbocycles. The Morgan fingerprint density at radius 2 is 1.88 bits per heavy atom. The van der Waals surface area contributed by atoms with Crippen LogP contribution < -0.4 is 5.73 Å². The van der Waals surface area contributed by atoms with Gasteiger partial charge in [0.15, 0.2) is 5.78 Å². The van der Waals surface area contributed by atoms with E-state index in [0.717, 1.165) is 18.3 Å². The molecule has 0 spiro atoms. The maximum atomic E-state index is 13.1. The summed E-state index contributed by atoms with van der Waals surface area (Å²) in [7, 11) is 0. The minimum Gasteiger partial charge on any atom is -0.382 e. The summed E-state index contributed by atoms with van der Waals surface area (Å²) in [6, 6.07) is 8.12. The van der Waals surface area contributed by atoms with Crippen molar-refractivity contribution in [1.29, 1.82) is 0 Å². The lowest BCUT2D eigenvalue weighted by Gasteiger charge is -2.29. The van der Waals surface area contributed by atoms with Crippen molar-refractivity contribution in [2.75, 3.05) is 12.3 Å². The number of nitrogens with two attached hydrogens (primary N) is 1. The van der Waals surface area contributed by atoms with Gasteiger partial charge in [0.1, 0.15) is 22.9 Å². The lowest BCUT2D eigenvalue weighted by atomic mass is 10.0. The van der Waals surface area contributed by atoms with Crippen LogP contribution in [0.5, 0.6) is 0 Å². The van der Waals surface area contributed by atoms with Crippen molar-refractivity contribution in [2.45, 2.75) is 32.5 Å². The largest absolute Gasteiger partial charge is 0.416 e. The minimum absolute atomic E-state index is 0.0361. The van der Waals surface area contributed by atoms with Gasteiger partial charge in [-0.15, -0.1) is 0 Å². The van der Waals surface area contributed by atoms with E-state index in [4.69, 9.17) is 10.7 Å². The molecule has 1 amide bonds. The monoisotopic (exact) mass is 560 g/mol. The second kappa shape index (κ2) is 9.25. The zero-order chi connectivity index (χ0) is 29.3. The number of carbonyl (C=O) groups is 2. The van der Waals surface area contributed by atoms with Gasteiger partial charge in [-0.05, 0) is 35.5 Å². The first-order valence-electron chi connectivity index (χ1n) is 13.1. The van der Waals surface area contributed by atoms with Crippen molar-refractivity contribution < 1.29 is 22.8 Å². The van der Waals surface area contributed by atoms with E-state index in [0.29, 0.717) is 40.6 Å². The van der Waals surface area contributed by atoms with Gasteiger partial charge in [0, 0.05) is 42.0 Å². The summed E-state index contributed by atoms with van der Waals surface area (Å²) < 4.78 is 41.0. The number of rotatable bonds is 6. The summed E-state index contributed by atoms with van der Waals surface area (Å²) in [5, 5.41) is 0. The molecule has 4 heterocycles. The van der Waals surface area contributed by atoms with Crippen molar-refractivity contribution in [2.24, 2.45) is 17.3 Å². The Kier molecular flexibility index (Phi) is 6.02. The zero-order valence-corrected chi connectivity index (χ0v) is 22.4. The molecule has 1 aliphatic heterocycles. The van der Waals surface area contributed by atoms with Gasteiger partial charge in [-0.1, -0.05) is 44.7 Å². The van der Waals surface area contributed by atoms with E-state index in [1.807, 2.05) is 9.30 Å². The molecule has 4 aromatic rings. The van der Waals surface area contributed by atoms with Crippen LogP contribution in [0.4, 0.5) is 19.0 Å². The number of amides is 1. The normalized spacial score (nSPS) is 21.1. The molecule has 2 N–H and O–H groups in total. The van der Waals surface area contributed by atoms with Crippen LogP contribution in [-0.4, -0.2) is 42.5 Å². The SMILES string of the molecule is C=CC(=O)N1C[C@H]2[C@@H]([C@H]1c1nc(-c3ccc(C(=O)Cc4cc(C(F)(F)F)ccn4)cc3)c3c(N)nccn13)C2(C)C. The molecule has 0 unspecified atom stereocenters. The number of likely N-dealkylation sites (tertiary alicyclic amines) is 1. The maximum absolute atomic E-state index is 13.1. The molecule has 0 bridgehead atoms. The predicted octanol–water partition coefficient (Wildman–Crippen LogP) is 5.16. The molecule has 3 aromatic heterocycles. The number of Topliss-reactive ketones (excluding diaryl/α,β-unsaturated/α-hetero) is 1. The molecule has 1 aromatic carbocycles. The van der Waals surface area contributed by atoms with Crippen LogP contribution in [0.2, 0.25) is 0 Å². The van der Waals surface area contributed by atoms with Crippen molar-refractivity contribution in [3.05, 3.63) is 90.3 Å². The highest BCUT2D eigenvalue weighted by Crippen LogP contribution is 2.69. The Bertz CT molecular complexity index is 1710. The standard InChI is InChI=1S/C30H27F3N6O2/c1-4-22(41)39-15-20-23(29(20,2)3)25(39)28-37-24(26-27(34)36-11-12-38(26)28)17-7-5-16(6-8-17)21(40)14-19-13-18(9-10-35-19)30(31,32)33/h4-13,20,23,25H,1,14-15H2,2-3H3,(H2,34,36)/t20-,23-,25-/m0/s1. The number of alkyl halides is 3. The van der Waals surface area contributed by atoms with Crippen LogP contribution in [0.15, 0.2) is 67.6 Å². The molecule has 210 valence electrons. The number of ketones is 1. The molecule has 11 heteroatoms. The van der Waals surface area contributed by atoms with Gasteiger partial charge in [0.05, 0.1) is 18.0 Å². The number of nitrogen functional groups attached to an aromatic ring is 1. The fourth-order valence-corrected chi connectivity index (χ4v) is 6.25. The van der Waals surface area contributed by atoms with E-state index >= 15 is 0 Å². The Morgan fingerprint density at radius 1 is 1.15 bits per heavy atom. The Labute approximate surface area is 233 Å². The lowest BCUT2D eigenvalue weighted by molar-refractivity contribution is -0.137. The molecule has 41 heavy (non-hydrogen) atoms. The van der Waals surface area contributed by atoms with E-state index in [9.17, 15) is 22.8 Å². The van der Waals surface area contributed by atoms with Crippen molar-refractivity contribution in [1.82, 2.24) is 24.3 Å². The molecule has 6 rings (SSSR count). The van der Waals surface area contributed by atoms with E-state index in [1.165, 1.54) is 6.08 Å². The summed E-state index contributed by atoms with van der Waals surface area (Å²) in [5.74, 6) is 0.992. The first-order chi connectivity index (χ1) is 19.4. The van der Waals surface area contributed by atoms with E-state index in [-0.39, 0.29) is 47.0 Å². The summed E-state index contributed by atoms with van der Waals surface area (Å²) in [6.45, 7) is 8.69. The smallest absolute Gasteiger partial charge is 0.382 e.